The molecule has 0 fully saturated rings. The molecule has 0 N–H and O–H groups in total. The Balaban J connectivity index is 2.54. The molecule has 0 saturated heterocycles. The van der Waals surface area contributed by atoms with Crippen LogP contribution >= 0.6 is 0 Å². The number of hydrogen-bond acceptors (Lipinski definition) is 4. The fourth-order valence-electron chi connectivity index (χ4n) is 1.90. The number of carbonyl (C=O) groups excluding carboxylic acids is 2. The summed E-state index contributed by atoms with van der Waals surface area (Å²) in [5.74, 6) is -0.801. The first kappa shape index (κ1) is 18.0. The average molecular weight is 304 g/mol. The molecule has 4 heteroatoms. The van der Waals surface area contributed by atoms with E-state index in [1.165, 1.54) is 0 Å². The number of esters is 2. The zero-order valence-corrected chi connectivity index (χ0v) is 14.0. The molecule has 1 aromatic carbocycles. The predicted molar refractivity (Wildman–Crippen MR) is 85.8 cm³/mol. The molecule has 22 heavy (non-hydrogen) atoms. The van der Waals surface area contributed by atoms with Crippen LogP contribution in [-0.2, 0) is 14.3 Å². The van der Waals surface area contributed by atoms with Crippen molar-refractivity contribution in [3.63, 3.8) is 0 Å². The number of ether oxygens (including phenoxy) is 2. The lowest BCUT2D eigenvalue weighted by molar-refractivity contribution is -0.152. The van der Waals surface area contributed by atoms with Crippen LogP contribution in [0.3, 0.4) is 0 Å². The molecule has 0 aliphatic carbocycles. The normalized spacial score (nSPS) is 11.0. The zero-order chi connectivity index (χ0) is 16.9. The second-order valence-electron chi connectivity index (χ2n) is 6.13. The summed E-state index contributed by atoms with van der Waals surface area (Å²) >= 11 is 0. The van der Waals surface area contributed by atoms with Crippen LogP contribution in [0.1, 0.15) is 48.7 Å². The van der Waals surface area contributed by atoms with Gasteiger partial charge >= 0.3 is 11.9 Å². The monoisotopic (exact) mass is 304 g/mol. The lowest BCUT2D eigenvalue weighted by Crippen LogP contribution is -2.30. The summed E-state index contributed by atoms with van der Waals surface area (Å²) in [5.41, 5.74) is 2.18. The third-order valence-electron chi connectivity index (χ3n) is 3.26. The Morgan fingerprint density at radius 3 is 2.41 bits per heavy atom. The van der Waals surface area contributed by atoms with Gasteiger partial charge < -0.3 is 9.47 Å². The third kappa shape index (κ3) is 5.35. The third-order valence-corrected chi connectivity index (χ3v) is 3.26. The highest BCUT2D eigenvalue weighted by atomic mass is 16.6. The lowest BCUT2D eigenvalue weighted by Gasteiger charge is -2.25. The van der Waals surface area contributed by atoms with E-state index in [-0.39, 0.29) is 12.6 Å². The fraction of sp³-hybridized carbons (Fsp3) is 0.444. The van der Waals surface area contributed by atoms with E-state index in [1.807, 2.05) is 26.0 Å². The van der Waals surface area contributed by atoms with Gasteiger partial charge in [-0.1, -0.05) is 24.3 Å². The van der Waals surface area contributed by atoms with Gasteiger partial charge in [-0.05, 0) is 46.2 Å². The van der Waals surface area contributed by atoms with Gasteiger partial charge in [0.1, 0.15) is 5.60 Å². The minimum atomic E-state index is -0.710. The summed E-state index contributed by atoms with van der Waals surface area (Å²) in [6.45, 7) is 12.7. The van der Waals surface area contributed by atoms with E-state index in [4.69, 9.17) is 9.47 Å². The molecule has 0 amide bonds. The molecule has 0 aliphatic heterocycles. The highest BCUT2D eigenvalue weighted by molar-refractivity contribution is 5.91. The summed E-state index contributed by atoms with van der Waals surface area (Å²) in [4.78, 5) is 23.6. The largest absolute Gasteiger partial charge is 0.462 e. The number of carbonyl (C=O) groups is 2. The standard InChI is InChI=1S/C18H24O4/c1-12(2)16(19)22-18(5,6)9-10-21-17(20)15-8-7-13(3)11-14(15)4/h7-8,11H,1,9-10H2,2-6H3. The van der Waals surface area contributed by atoms with Crippen molar-refractivity contribution in [1.29, 1.82) is 0 Å². The first-order chi connectivity index (χ1) is 10.1. The van der Waals surface area contributed by atoms with Crippen LogP contribution in [0.2, 0.25) is 0 Å². The first-order valence-electron chi connectivity index (χ1n) is 7.25. The summed E-state index contributed by atoms with van der Waals surface area (Å²) in [7, 11) is 0. The zero-order valence-electron chi connectivity index (χ0n) is 14.0. The number of benzene rings is 1. The minimum Gasteiger partial charge on any atom is -0.462 e. The smallest absolute Gasteiger partial charge is 0.338 e. The molecule has 0 saturated carbocycles. The Morgan fingerprint density at radius 1 is 1.23 bits per heavy atom. The molecule has 0 heterocycles. The molecule has 0 aliphatic rings. The van der Waals surface area contributed by atoms with Crippen molar-refractivity contribution >= 4 is 11.9 Å². The van der Waals surface area contributed by atoms with Crippen molar-refractivity contribution in [2.45, 2.75) is 46.6 Å². The van der Waals surface area contributed by atoms with E-state index in [1.54, 1.807) is 26.8 Å². The van der Waals surface area contributed by atoms with Gasteiger partial charge in [0.05, 0.1) is 12.2 Å². The molecule has 0 radical (unpaired) electrons. The van der Waals surface area contributed by atoms with Crippen molar-refractivity contribution in [2.24, 2.45) is 0 Å². The quantitative estimate of drug-likeness (QED) is 0.593. The van der Waals surface area contributed by atoms with Gasteiger partial charge in [0.25, 0.3) is 0 Å². The van der Waals surface area contributed by atoms with Gasteiger partial charge in [-0.25, -0.2) is 9.59 Å². The summed E-state index contributed by atoms with van der Waals surface area (Å²) in [5, 5.41) is 0. The molecule has 0 unspecified atom stereocenters. The highest BCUT2D eigenvalue weighted by Gasteiger charge is 2.24. The Kier molecular flexibility index (Phi) is 5.92. The van der Waals surface area contributed by atoms with Crippen LogP contribution in [0, 0.1) is 13.8 Å². The maximum Gasteiger partial charge on any atom is 0.338 e. The summed E-state index contributed by atoms with van der Waals surface area (Å²) in [6, 6.07) is 5.58. The average Bonchev–Trinajstić information content (AvgIpc) is 2.37. The van der Waals surface area contributed by atoms with Crippen LogP contribution in [0.4, 0.5) is 0 Å². The van der Waals surface area contributed by atoms with Gasteiger partial charge in [-0.2, -0.15) is 0 Å². The topological polar surface area (TPSA) is 52.6 Å². The van der Waals surface area contributed by atoms with E-state index in [2.05, 4.69) is 6.58 Å². The van der Waals surface area contributed by atoms with E-state index < -0.39 is 11.6 Å². The fourth-order valence-corrected chi connectivity index (χ4v) is 1.90. The Bertz CT molecular complexity index is 585. The Labute approximate surface area is 132 Å². The van der Waals surface area contributed by atoms with E-state index >= 15 is 0 Å². The number of rotatable bonds is 6. The van der Waals surface area contributed by atoms with Gasteiger partial charge in [-0.15, -0.1) is 0 Å². The van der Waals surface area contributed by atoms with Crippen molar-refractivity contribution in [3.05, 3.63) is 47.0 Å². The molecular formula is C18H24O4. The Morgan fingerprint density at radius 2 is 1.86 bits per heavy atom. The molecular weight excluding hydrogens is 280 g/mol. The highest BCUT2D eigenvalue weighted by Crippen LogP contribution is 2.17. The Hall–Kier alpha value is -2.10. The van der Waals surface area contributed by atoms with Crippen LogP contribution in [0.15, 0.2) is 30.4 Å². The van der Waals surface area contributed by atoms with Gasteiger partial charge in [-0.3, -0.25) is 0 Å². The van der Waals surface area contributed by atoms with Gasteiger partial charge in [0, 0.05) is 12.0 Å². The van der Waals surface area contributed by atoms with Gasteiger partial charge in [0.2, 0.25) is 0 Å². The van der Waals surface area contributed by atoms with Crippen LogP contribution < -0.4 is 0 Å². The summed E-state index contributed by atoms with van der Waals surface area (Å²) in [6.07, 6.45) is 0.419. The second kappa shape index (κ2) is 7.25. The molecule has 0 bridgehead atoms. The van der Waals surface area contributed by atoms with Crippen molar-refractivity contribution in [3.8, 4) is 0 Å². The first-order valence-corrected chi connectivity index (χ1v) is 7.25. The molecule has 0 aromatic heterocycles. The van der Waals surface area contributed by atoms with E-state index in [9.17, 15) is 9.59 Å². The predicted octanol–water partition coefficient (Wildman–Crippen LogP) is 3.75. The van der Waals surface area contributed by atoms with Crippen molar-refractivity contribution in [2.75, 3.05) is 6.61 Å². The van der Waals surface area contributed by atoms with Crippen LogP contribution in [0.25, 0.3) is 0 Å². The summed E-state index contributed by atoms with van der Waals surface area (Å²) < 4.78 is 10.6. The molecule has 1 rings (SSSR count). The van der Waals surface area contributed by atoms with Crippen molar-refractivity contribution < 1.29 is 19.1 Å². The maximum absolute atomic E-state index is 12.0. The second-order valence-corrected chi connectivity index (χ2v) is 6.13. The SMILES string of the molecule is C=C(C)C(=O)OC(C)(C)CCOC(=O)c1ccc(C)cc1C. The molecule has 0 spiro atoms. The number of aryl methyl sites for hydroxylation is 2. The molecule has 0 atom stereocenters. The van der Waals surface area contributed by atoms with Gasteiger partial charge in [0.15, 0.2) is 0 Å². The van der Waals surface area contributed by atoms with E-state index in [0.717, 1.165) is 11.1 Å². The number of hydrogen-bond donors (Lipinski definition) is 0. The maximum atomic E-state index is 12.0. The lowest BCUT2D eigenvalue weighted by atomic mass is 10.1. The molecule has 120 valence electrons. The molecule has 4 nitrogen and oxygen atoms in total. The van der Waals surface area contributed by atoms with Crippen molar-refractivity contribution in [1.82, 2.24) is 0 Å². The van der Waals surface area contributed by atoms with Crippen LogP contribution in [-0.4, -0.2) is 24.1 Å². The van der Waals surface area contributed by atoms with E-state index in [0.29, 0.717) is 17.6 Å². The molecule has 1 aromatic rings. The van der Waals surface area contributed by atoms with Crippen LogP contribution in [0.5, 0.6) is 0 Å². The minimum absolute atomic E-state index is 0.183.